The summed E-state index contributed by atoms with van der Waals surface area (Å²) in [5, 5.41) is 3.60. The fraction of sp³-hybridized carbons (Fsp3) is 0.348. The van der Waals surface area contributed by atoms with Crippen LogP contribution in [0.15, 0.2) is 42.7 Å². The number of Topliss-reactive ketones (excluding diaryl/α,β-unsaturated/α-hetero) is 1. The van der Waals surface area contributed by atoms with Gasteiger partial charge in [0.25, 0.3) is 11.7 Å². The summed E-state index contributed by atoms with van der Waals surface area (Å²) in [5.74, 6) is -1.11. The summed E-state index contributed by atoms with van der Waals surface area (Å²) in [5.41, 5.74) is 3.93. The molecule has 1 aliphatic carbocycles. The van der Waals surface area contributed by atoms with Crippen molar-refractivity contribution in [3.63, 3.8) is 0 Å². The second kappa shape index (κ2) is 7.58. The van der Waals surface area contributed by atoms with Gasteiger partial charge in [0, 0.05) is 29.5 Å². The van der Waals surface area contributed by atoms with Gasteiger partial charge in [0.15, 0.2) is 0 Å². The van der Waals surface area contributed by atoms with Gasteiger partial charge in [0.2, 0.25) is 0 Å². The van der Waals surface area contributed by atoms with Crippen molar-refractivity contribution in [2.45, 2.75) is 52.0 Å². The number of rotatable bonds is 5. The van der Waals surface area contributed by atoms with Crippen LogP contribution in [0.1, 0.15) is 60.1 Å². The molecule has 0 bridgehead atoms. The Balaban J connectivity index is 1.69. The maximum atomic E-state index is 13.0. The van der Waals surface area contributed by atoms with Crippen molar-refractivity contribution in [3.8, 4) is 0 Å². The average molecular weight is 375 g/mol. The van der Waals surface area contributed by atoms with Crippen LogP contribution in [0.3, 0.4) is 0 Å². The normalized spacial score (nSPS) is 14.5. The van der Waals surface area contributed by atoms with Gasteiger partial charge in [-0.15, -0.1) is 0 Å². The lowest BCUT2D eigenvalue weighted by Gasteiger charge is -2.12. The van der Waals surface area contributed by atoms with Crippen molar-refractivity contribution in [3.05, 3.63) is 59.4 Å². The molecular formula is C23H25N3O2. The molecule has 0 unspecified atom stereocenters. The SMILES string of the molecule is CCc1cccc(C)c1NC(=O)C(=O)c1cn(C2CCCC2)c2ncccc12. The van der Waals surface area contributed by atoms with Crippen molar-refractivity contribution in [2.75, 3.05) is 5.32 Å². The van der Waals surface area contributed by atoms with Gasteiger partial charge in [-0.3, -0.25) is 9.59 Å². The van der Waals surface area contributed by atoms with Crippen LogP contribution in [0.4, 0.5) is 5.69 Å². The monoisotopic (exact) mass is 375 g/mol. The molecule has 144 valence electrons. The molecule has 28 heavy (non-hydrogen) atoms. The molecule has 4 rings (SSSR count). The number of anilines is 1. The number of hydrogen-bond donors (Lipinski definition) is 1. The number of carbonyl (C=O) groups excluding carboxylic acids is 2. The summed E-state index contributed by atoms with van der Waals surface area (Å²) in [6, 6.07) is 9.92. The van der Waals surface area contributed by atoms with Crippen LogP contribution in [-0.2, 0) is 11.2 Å². The molecule has 0 aliphatic heterocycles. The first-order valence-electron chi connectivity index (χ1n) is 10.00. The lowest BCUT2D eigenvalue weighted by atomic mass is 10.0. The van der Waals surface area contributed by atoms with Crippen LogP contribution in [-0.4, -0.2) is 21.2 Å². The Bertz CT molecular complexity index is 1050. The Kier molecular flexibility index (Phi) is 4.99. The molecule has 0 saturated heterocycles. The van der Waals surface area contributed by atoms with Crippen LogP contribution < -0.4 is 5.32 Å². The Morgan fingerprint density at radius 2 is 1.96 bits per heavy atom. The van der Waals surface area contributed by atoms with Crippen molar-refractivity contribution < 1.29 is 9.59 Å². The van der Waals surface area contributed by atoms with Gasteiger partial charge in [-0.2, -0.15) is 0 Å². The molecule has 1 aromatic carbocycles. The minimum absolute atomic E-state index is 0.352. The van der Waals surface area contributed by atoms with Crippen LogP contribution in [0.2, 0.25) is 0 Å². The number of aryl methyl sites for hydroxylation is 2. The third-order valence-electron chi connectivity index (χ3n) is 5.74. The third kappa shape index (κ3) is 3.21. The molecule has 0 radical (unpaired) electrons. The molecule has 0 spiro atoms. The number of ketones is 1. The van der Waals surface area contributed by atoms with Crippen LogP contribution in [0.25, 0.3) is 11.0 Å². The molecule has 1 N–H and O–H groups in total. The molecule has 5 nitrogen and oxygen atoms in total. The summed E-state index contributed by atoms with van der Waals surface area (Å²) in [4.78, 5) is 30.4. The van der Waals surface area contributed by atoms with E-state index in [0.717, 1.165) is 47.1 Å². The van der Waals surface area contributed by atoms with E-state index in [9.17, 15) is 9.59 Å². The van der Waals surface area contributed by atoms with Crippen molar-refractivity contribution in [1.82, 2.24) is 9.55 Å². The number of nitrogens with zero attached hydrogens (tertiary/aromatic N) is 2. The van der Waals surface area contributed by atoms with Gasteiger partial charge in [0.1, 0.15) is 5.65 Å². The van der Waals surface area contributed by atoms with E-state index in [1.807, 2.05) is 50.4 Å². The lowest BCUT2D eigenvalue weighted by Crippen LogP contribution is -2.24. The summed E-state index contributed by atoms with van der Waals surface area (Å²) < 4.78 is 2.09. The van der Waals surface area contributed by atoms with E-state index in [1.54, 1.807) is 6.20 Å². The maximum Gasteiger partial charge on any atom is 0.296 e. The number of para-hydroxylation sites is 1. The minimum atomic E-state index is -0.599. The molecule has 1 amide bonds. The van der Waals surface area contributed by atoms with E-state index in [-0.39, 0.29) is 0 Å². The quantitative estimate of drug-likeness (QED) is 0.512. The lowest BCUT2D eigenvalue weighted by molar-refractivity contribution is -0.112. The number of aromatic nitrogens is 2. The topological polar surface area (TPSA) is 64.0 Å². The number of fused-ring (bicyclic) bond motifs is 1. The van der Waals surface area contributed by atoms with Crippen molar-refractivity contribution in [1.29, 1.82) is 0 Å². The van der Waals surface area contributed by atoms with Gasteiger partial charge in [-0.1, -0.05) is 38.0 Å². The fourth-order valence-electron chi connectivity index (χ4n) is 4.22. The summed E-state index contributed by atoms with van der Waals surface area (Å²) in [6.45, 7) is 3.97. The predicted octanol–water partition coefficient (Wildman–Crippen LogP) is 4.84. The first-order valence-corrected chi connectivity index (χ1v) is 10.00. The molecular weight excluding hydrogens is 350 g/mol. The van der Waals surface area contributed by atoms with Gasteiger partial charge < -0.3 is 9.88 Å². The summed E-state index contributed by atoms with van der Waals surface area (Å²) in [6.07, 6.45) is 8.90. The Labute approximate surface area is 164 Å². The number of amides is 1. The molecule has 3 aromatic rings. The molecule has 2 heterocycles. The number of carbonyl (C=O) groups is 2. The number of pyridine rings is 1. The maximum absolute atomic E-state index is 13.0. The standard InChI is InChI=1S/C23H25N3O2/c1-3-16-9-6-8-15(2)20(16)25-23(28)21(27)19-14-26(17-10-4-5-11-17)22-18(19)12-7-13-24-22/h6-9,12-14,17H,3-5,10-11H2,1-2H3,(H,25,28). The van der Waals surface area contributed by atoms with Crippen LogP contribution >= 0.6 is 0 Å². The Morgan fingerprint density at radius 1 is 1.18 bits per heavy atom. The van der Waals surface area contributed by atoms with Gasteiger partial charge >= 0.3 is 0 Å². The van der Waals surface area contributed by atoms with E-state index >= 15 is 0 Å². The fourth-order valence-corrected chi connectivity index (χ4v) is 4.22. The third-order valence-corrected chi connectivity index (χ3v) is 5.74. The van der Waals surface area contributed by atoms with Gasteiger partial charge in [-0.25, -0.2) is 4.98 Å². The number of benzene rings is 1. The molecule has 2 aromatic heterocycles. The zero-order valence-electron chi connectivity index (χ0n) is 16.4. The predicted molar refractivity (Wildman–Crippen MR) is 111 cm³/mol. The van der Waals surface area contributed by atoms with Crippen molar-refractivity contribution in [2.24, 2.45) is 0 Å². The summed E-state index contributed by atoms with van der Waals surface area (Å²) >= 11 is 0. The molecule has 1 aliphatic rings. The van der Waals surface area contributed by atoms with Crippen LogP contribution in [0, 0.1) is 6.92 Å². The number of hydrogen-bond acceptors (Lipinski definition) is 3. The smallest absolute Gasteiger partial charge is 0.296 e. The Morgan fingerprint density at radius 3 is 2.71 bits per heavy atom. The number of nitrogens with one attached hydrogen (secondary N) is 1. The highest BCUT2D eigenvalue weighted by Crippen LogP contribution is 2.34. The minimum Gasteiger partial charge on any atom is -0.329 e. The van der Waals surface area contributed by atoms with Gasteiger partial charge in [-0.05, 0) is 49.4 Å². The molecule has 1 fully saturated rings. The second-order valence-corrected chi connectivity index (χ2v) is 7.51. The highest BCUT2D eigenvalue weighted by Gasteiger charge is 2.26. The highest BCUT2D eigenvalue weighted by molar-refractivity contribution is 6.48. The van der Waals surface area contributed by atoms with E-state index in [2.05, 4.69) is 14.9 Å². The van der Waals surface area contributed by atoms with E-state index in [1.165, 1.54) is 12.8 Å². The highest BCUT2D eigenvalue weighted by atomic mass is 16.2. The Hall–Kier alpha value is -2.95. The second-order valence-electron chi connectivity index (χ2n) is 7.51. The first kappa shape index (κ1) is 18.4. The molecule has 1 saturated carbocycles. The van der Waals surface area contributed by atoms with E-state index in [4.69, 9.17) is 0 Å². The largest absolute Gasteiger partial charge is 0.329 e. The molecule has 5 heteroatoms. The first-order chi connectivity index (χ1) is 13.6. The van der Waals surface area contributed by atoms with Crippen LogP contribution in [0.5, 0.6) is 0 Å². The average Bonchev–Trinajstić information content (AvgIpc) is 3.36. The van der Waals surface area contributed by atoms with E-state index in [0.29, 0.717) is 11.6 Å². The molecule has 0 atom stereocenters. The van der Waals surface area contributed by atoms with Gasteiger partial charge in [0.05, 0.1) is 5.56 Å². The van der Waals surface area contributed by atoms with E-state index < -0.39 is 11.7 Å². The van der Waals surface area contributed by atoms with Crippen molar-refractivity contribution >= 4 is 28.4 Å². The zero-order valence-corrected chi connectivity index (χ0v) is 16.4. The zero-order chi connectivity index (χ0) is 19.7. The summed E-state index contributed by atoms with van der Waals surface area (Å²) in [7, 11) is 0.